The van der Waals surface area contributed by atoms with E-state index in [1.807, 2.05) is 25.1 Å². The monoisotopic (exact) mass is 513 g/mol. The van der Waals surface area contributed by atoms with Gasteiger partial charge in [-0.15, -0.1) is 0 Å². The molecule has 0 radical (unpaired) electrons. The number of nitrogens with zero attached hydrogens (tertiary/aromatic N) is 3. The number of amides is 1. The minimum Gasteiger partial charge on any atom is -0.383 e. The standard InChI is InChI=1S/C27H39N5O3S/c1-4-25(32-12-14-34-15-13-32)17-24(19-36-3)30-27(28)22-10-8-21(9-11-22)6-5-7-26(33)29-18-23-16-20(2)35-31-23/h8-11,16-17,25H,4-7,12-15,18-19H2,1-3H3,(H2,28,30)(H,29,33)/b24-17-. The first-order valence-corrected chi connectivity index (χ1v) is 14.0. The molecule has 1 aromatic heterocycles. The number of carbonyl (C=O) groups is 1. The third-order valence-electron chi connectivity index (χ3n) is 6.14. The zero-order valence-corrected chi connectivity index (χ0v) is 22.5. The lowest BCUT2D eigenvalue weighted by Crippen LogP contribution is -2.42. The molecule has 0 bridgehead atoms. The van der Waals surface area contributed by atoms with E-state index in [9.17, 15) is 4.79 Å². The predicted octanol–water partition coefficient (Wildman–Crippen LogP) is 3.69. The number of carbonyl (C=O) groups excluding carboxylic acids is 1. The number of aromatic nitrogens is 1. The van der Waals surface area contributed by atoms with Gasteiger partial charge in [-0.3, -0.25) is 9.69 Å². The first kappa shape index (κ1) is 28.0. The molecule has 1 fully saturated rings. The van der Waals surface area contributed by atoms with Gasteiger partial charge in [-0.1, -0.05) is 36.3 Å². The molecule has 3 N–H and O–H groups in total. The number of rotatable bonds is 13. The summed E-state index contributed by atoms with van der Waals surface area (Å²) in [6, 6.07) is 10.3. The van der Waals surface area contributed by atoms with E-state index in [0.29, 0.717) is 24.8 Å². The molecule has 9 heteroatoms. The highest BCUT2D eigenvalue weighted by atomic mass is 32.2. The number of aryl methyl sites for hydroxylation is 2. The van der Waals surface area contributed by atoms with Crippen molar-refractivity contribution in [1.82, 2.24) is 15.4 Å². The predicted molar refractivity (Wildman–Crippen MR) is 146 cm³/mol. The Labute approximate surface area is 218 Å². The summed E-state index contributed by atoms with van der Waals surface area (Å²) in [4.78, 5) is 19.3. The van der Waals surface area contributed by atoms with Gasteiger partial charge in [0.1, 0.15) is 17.3 Å². The van der Waals surface area contributed by atoms with Crippen LogP contribution in [-0.4, -0.2) is 66.2 Å². The number of hydrogen-bond donors (Lipinski definition) is 2. The van der Waals surface area contributed by atoms with E-state index in [2.05, 4.69) is 46.8 Å². The maximum atomic E-state index is 12.1. The summed E-state index contributed by atoms with van der Waals surface area (Å²) in [5.41, 5.74) is 10.2. The molecule has 2 heterocycles. The van der Waals surface area contributed by atoms with E-state index in [-0.39, 0.29) is 5.91 Å². The van der Waals surface area contributed by atoms with Crippen LogP contribution in [0.15, 0.2) is 51.6 Å². The van der Waals surface area contributed by atoms with Crippen LogP contribution in [0, 0.1) is 6.92 Å². The number of ether oxygens (including phenoxy) is 1. The molecule has 1 atom stereocenters. The summed E-state index contributed by atoms with van der Waals surface area (Å²) < 4.78 is 10.5. The molecule has 36 heavy (non-hydrogen) atoms. The van der Waals surface area contributed by atoms with Gasteiger partial charge in [-0.25, -0.2) is 4.99 Å². The largest absolute Gasteiger partial charge is 0.383 e. The van der Waals surface area contributed by atoms with Crippen LogP contribution in [0.5, 0.6) is 0 Å². The Bertz CT molecular complexity index is 1010. The van der Waals surface area contributed by atoms with Crippen LogP contribution in [0.2, 0.25) is 0 Å². The number of hydrogen-bond acceptors (Lipinski definition) is 7. The number of amidine groups is 1. The summed E-state index contributed by atoms with van der Waals surface area (Å²) >= 11 is 1.75. The Balaban J connectivity index is 1.52. The van der Waals surface area contributed by atoms with Crippen LogP contribution >= 0.6 is 11.8 Å². The molecule has 8 nitrogen and oxygen atoms in total. The first-order valence-electron chi connectivity index (χ1n) is 12.6. The van der Waals surface area contributed by atoms with Crippen molar-refractivity contribution in [3.8, 4) is 0 Å². The van der Waals surface area contributed by atoms with Crippen LogP contribution in [0.4, 0.5) is 0 Å². The number of benzene rings is 1. The van der Waals surface area contributed by atoms with E-state index in [1.54, 1.807) is 11.8 Å². The Morgan fingerprint density at radius 1 is 1.31 bits per heavy atom. The van der Waals surface area contributed by atoms with Crippen molar-refractivity contribution >= 4 is 23.5 Å². The molecule has 1 aromatic carbocycles. The second-order valence-electron chi connectivity index (χ2n) is 8.97. The minimum atomic E-state index is 0.0132. The van der Waals surface area contributed by atoms with Crippen LogP contribution in [-0.2, 0) is 22.5 Å². The molecule has 3 rings (SSSR count). The Morgan fingerprint density at radius 3 is 2.69 bits per heavy atom. The van der Waals surface area contributed by atoms with Gasteiger partial charge in [-0.05, 0) is 44.1 Å². The van der Waals surface area contributed by atoms with Crippen LogP contribution < -0.4 is 11.1 Å². The van der Waals surface area contributed by atoms with Gasteiger partial charge in [-0.2, -0.15) is 11.8 Å². The van der Waals surface area contributed by atoms with Crippen molar-refractivity contribution in [3.63, 3.8) is 0 Å². The summed E-state index contributed by atoms with van der Waals surface area (Å²) in [5.74, 6) is 2.10. The van der Waals surface area contributed by atoms with Gasteiger partial charge >= 0.3 is 0 Å². The molecule has 0 aliphatic carbocycles. The zero-order chi connectivity index (χ0) is 25.8. The van der Waals surface area contributed by atoms with Crippen LogP contribution in [0.25, 0.3) is 0 Å². The molecular weight excluding hydrogens is 474 g/mol. The third-order valence-corrected chi connectivity index (χ3v) is 6.72. The van der Waals surface area contributed by atoms with Crippen LogP contribution in [0.3, 0.4) is 0 Å². The van der Waals surface area contributed by atoms with Gasteiger partial charge < -0.3 is 20.3 Å². The van der Waals surface area contributed by atoms with E-state index in [4.69, 9.17) is 20.0 Å². The van der Waals surface area contributed by atoms with E-state index >= 15 is 0 Å². The Morgan fingerprint density at radius 2 is 2.06 bits per heavy atom. The smallest absolute Gasteiger partial charge is 0.220 e. The minimum absolute atomic E-state index is 0.0132. The molecule has 1 saturated heterocycles. The van der Waals surface area contributed by atoms with E-state index in [0.717, 1.165) is 74.0 Å². The molecule has 1 unspecified atom stereocenters. The zero-order valence-electron chi connectivity index (χ0n) is 21.7. The number of morpholine rings is 1. The molecule has 1 aliphatic rings. The quantitative estimate of drug-likeness (QED) is 0.311. The summed E-state index contributed by atoms with van der Waals surface area (Å²) in [5, 5.41) is 6.76. The van der Waals surface area contributed by atoms with E-state index in [1.165, 1.54) is 5.56 Å². The van der Waals surface area contributed by atoms with Crippen LogP contribution in [0.1, 0.15) is 48.8 Å². The highest BCUT2D eigenvalue weighted by Gasteiger charge is 2.18. The molecule has 0 saturated carbocycles. The molecular formula is C27H39N5O3S. The number of nitrogens with one attached hydrogen (secondary N) is 1. The second-order valence-corrected chi connectivity index (χ2v) is 9.83. The third kappa shape index (κ3) is 9.11. The topological polar surface area (TPSA) is 106 Å². The average molecular weight is 514 g/mol. The first-order chi connectivity index (χ1) is 17.5. The summed E-state index contributed by atoms with van der Waals surface area (Å²) in [6.07, 6.45) is 7.43. The summed E-state index contributed by atoms with van der Waals surface area (Å²) in [7, 11) is 0. The number of aliphatic imine (C=N–C) groups is 1. The average Bonchev–Trinajstić information content (AvgIpc) is 3.32. The Hall–Kier alpha value is -2.62. The van der Waals surface area contributed by atoms with Crippen molar-refractivity contribution in [3.05, 3.63) is 64.7 Å². The molecule has 1 amide bonds. The molecule has 196 valence electrons. The lowest BCUT2D eigenvalue weighted by Gasteiger charge is -2.32. The summed E-state index contributed by atoms with van der Waals surface area (Å²) in [6.45, 7) is 7.90. The normalized spacial score (nSPS) is 16.2. The molecule has 2 aromatic rings. The van der Waals surface area contributed by atoms with Gasteiger partial charge in [0, 0.05) is 42.9 Å². The highest BCUT2D eigenvalue weighted by Crippen LogP contribution is 2.16. The fraction of sp³-hybridized carbons (Fsp3) is 0.519. The van der Waals surface area contributed by atoms with Crippen molar-refractivity contribution < 1.29 is 14.1 Å². The maximum Gasteiger partial charge on any atom is 0.220 e. The van der Waals surface area contributed by atoms with Gasteiger partial charge in [0.05, 0.1) is 25.5 Å². The fourth-order valence-corrected chi connectivity index (χ4v) is 4.63. The van der Waals surface area contributed by atoms with Gasteiger partial charge in [0.15, 0.2) is 0 Å². The number of thioether (sulfide) groups is 1. The molecule has 0 spiro atoms. The number of nitrogens with two attached hydrogens (primary N) is 1. The van der Waals surface area contributed by atoms with Crippen molar-refractivity contribution in [2.24, 2.45) is 10.7 Å². The van der Waals surface area contributed by atoms with E-state index < -0.39 is 0 Å². The Kier molecular flexibility index (Phi) is 11.5. The highest BCUT2D eigenvalue weighted by molar-refractivity contribution is 7.98. The van der Waals surface area contributed by atoms with Crippen molar-refractivity contribution in [2.45, 2.75) is 52.1 Å². The lowest BCUT2D eigenvalue weighted by atomic mass is 10.1. The van der Waals surface area contributed by atoms with Crippen molar-refractivity contribution in [2.75, 3.05) is 38.3 Å². The SMILES string of the molecule is CCC(/C=C(/CSC)N=C(N)c1ccc(CCCC(=O)NCc2cc(C)on2)cc1)N1CCOCC1. The van der Waals surface area contributed by atoms with Crippen molar-refractivity contribution in [1.29, 1.82) is 0 Å². The van der Waals surface area contributed by atoms with Gasteiger partial charge in [0.2, 0.25) is 5.91 Å². The maximum absolute atomic E-state index is 12.1. The lowest BCUT2D eigenvalue weighted by molar-refractivity contribution is -0.121. The fourth-order valence-electron chi connectivity index (χ4n) is 4.17. The van der Waals surface area contributed by atoms with Gasteiger partial charge in [0.25, 0.3) is 0 Å². The second kappa shape index (κ2) is 14.8. The molecule has 1 aliphatic heterocycles.